The molecule has 1 amide bonds. The van der Waals surface area contributed by atoms with Crippen molar-refractivity contribution in [3.05, 3.63) is 42.5 Å². The molecule has 1 N–H and O–H groups in total. The highest BCUT2D eigenvalue weighted by atomic mass is 16.5. The highest BCUT2D eigenvalue weighted by molar-refractivity contribution is 5.89. The minimum absolute atomic E-state index is 0.0407. The number of benzene rings is 2. The molecule has 2 rings (SSSR count). The zero-order valence-electron chi connectivity index (χ0n) is 12.6. The van der Waals surface area contributed by atoms with Crippen molar-refractivity contribution in [2.75, 3.05) is 13.7 Å². The largest absolute Gasteiger partial charge is 0.480 e. The predicted molar refractivity (Wildman–Crippen MR) is 83.5 cm³/mol. The molecule has 0 aromatic heterocycles. The number of methoxy groups -OCH3 is 1. The van der Waals surface area contributed by atoms with Crippen LogP contribution in [-0.2, 0) is 9.53 Å². The first-order valence-electron chi connectivity index (χ1n) is 7.05. The van der Waals surface area contributed by atoms with Gasteiger partial charge in [0.05, 0.1) is 6.61 Å². The van der Waals surface area contributed by atoms with E-state index in [4.69, 9.17) is 9.47 Å². The quantitative estimate of drug-likeness (QED) is 0.888. The maximum atomic E-state index is 12.1. The molecule has 0 aliphatic carbocycles. The van der Waals surface area contributed by atoms with Crippen LogP contribution in [0.1, 0.15) is 13.8 Å². The van der Waals surface area contributed by atoms with Gasteiger partial charge in [-0.3, -0.25) is 4.79 Å². The third-order valence-corrected chi connectivity index (χ3v) is 3.23. The van der Waals surface area contributed by atoms with Gasteiger partial charge in [0, 0.05) is 18.5 Å². The number of carbonyl (C=O) groups is 1. The molecule has 2 aromatic carbocycles. The van der Waals surface area contributed by atoms with E-state index in [1.54, 1.807) is 14.0 Å². The van der Waals surface area contributed by atoms with Crippen LogP contribution in [0.4, 0.5) is 0 Å². The summed E-state index contributed by atoms with van der Waals surface area (Å²) in [7, 11) is 1.61. The zero-order valence-corrected chi connectivity index (χ0v) is 12.6. The van der Waals surface area contributed by atoms with Gasteiger partial charge in [0.1, 0.15) is 5.75 Å². The van der Waals surface area contributed by atoms with Crippen LogP contribution in [0.3, 0.4) is 0 Å². The van der Waals surface area contributed by atoms with Crippen molar-refractivity contribution in [2.24, 2.45) is 0 Å². The second-order valence-corrected chi connectivity index (χ2v) is 5.10. The summed E-state index contributed by atoms with van der Waals surface area (Å²) in [4.78, 5) is 12.1. The van der Waals surface area contributed by atoms with Crippen molar-refractivity contribution in [3.63, 3.8) is 0 Å². The maximum absolute atomic E-state index is 12.1. The zero-order chi connectivity index (χ0) is 15.2. The molecular weight excluding hydrogens is 266 g/mol. The van der Waals surface area contributed by atoms with E-state index in [0.29, 0.717) is 6.61 Å². The van der Waals surface area contributed by atoms with Crippen molar-refractivity contribution >= 4 is 16.7 Å². The SMILES string of the molecule is COCC(C)NC(=O)C(C)Oc1cccc2ccccc12. The number of hydrogen-bond acceptors (Lipinski definition) is 3. The lowest BCUT2D eigenvalue weighted by molar-refractivity contribution is -0.128. The molecule has 21 heavy (non-hydrogen) atoms. The first-order chi connectivity index (χ1) is 10.1. The lowest BCUT2D eigenvalue weighted by Gasteiger charge is -2.19. The fourth-order valence-corrected chi connectivity index (χ4v) is 2.19. The number of fused-ring (bicyclic) bond motifs is 1. The average Bonchev–Trinajstić information content (AvgIpc) is 2.47. The first-order valence-corrected chi connectivity index (χ1v) is 7.05. The third kappa shape index (κ3) is 3.95. The summed E-state index contributed by atoms with van der Waals surface area (Å²) in [6.07, 6.45) is -0.560. The number of rotatable bonds is 6. The molecule has 0 aliphatic rings. The van der Waals surface area contributed by atoms with Gasteiger partial charge in [0.25, 0.3) is 5.91 Å². The highest BCUT2D eigenvalue weighted by Crippen LogP contribution is 2.25. The maximum Gasteiger partial charge on any atom is 0.261 e. The monoisotopic (exact) mass is 287 g/mol. The summed E-state index contributed by atoms with van der Waals surface area (Å²) in [5.41, 5.74) is 0. The Morgan fingerprint density at radius 3 is 2.62 bits per heavy atom. The van der Waals surface area contributed by atoms with Crippen molar-refractivity contribution in [1.82, 2.24) is 5.32 Å². The molecule has 2 atom stereocenters. The van der Waals surface area contributed by atoms with E-state index < -0.39 is 6.10 Å². The molecule has 0 saturated carbocycles. The third-order valence-electron chi connectivity index (χ3n) is 3.23. The van der Waals surface area contributed by atoms with E-state index in [0.717, 1.165) is 16.5 Å². The Kier molecular flexibility index (Phi) is 5.17. The van der Waals surface area contributed by atoms with E-state index in [1.807, 2.05) is 49.4 Å². The van der Waals surface area contributed by atoms with E-state index in [1.165, 1.54) is 0 Å². The lowest BCUT2D eigenvalue weighted by Crippen LogP contribution is -2.43. The van der Waals surface area contributed by atoms with Gasteiger partial charge in [-0.05, 0) is 25.3 Å². The van der Waals surface area contributed by atoms with Crippen molar-refractivity contribution in [1.29, 1.82) is 0 Å². The molecule has 0 spiro atoms. The Bertz CT molecular complexity index is 607. The summed E-state index contributed by atoms with van der Waals surface area (Å²) < 4.78 is 10.8. The smallest absolute Gasteiger partial charge is 0.261 e. The molecular formula is C17H21NO3. The molecule has 0 heterocycles. The van der Waals surface area contributed by atoms with Crippen LogP contribution in [0.25, 0.3) is 10.8 Å². The van der Waals surface area contributed by atoms with Crippen LogP contribution < -0.4 is 10.1 Å². The van der Waals surface area contributed by atoms with Crippen LogP contribution in [-0.4, -0.2) is 31.8 Å². The molecule has 112 valence electrons. The number of hydrogen-bond donors (Lipinski definition) is 1. The number of nitrogens with one attached hydrogen (secondary N) is 1. The average molecular weight is 287 g/mol. The van der Waals surface area contributed by atoms with Gasteiger partial charge in [0.2, 0.25) is 0 Å². The van der Waals surface area contributed by atoms with E-state index in [2.05, 4.69) is 5.32 Å². The summed E-state index contributed by atoms with van der Waals surface area (Å²) in [6, 6.07) is 13.7. The lowest BCUT2D eigenvalue weighted by atomic mass is 10.1. The standard InChI is InChI=1S/C17H21NO3/c1-12(11-20-3)18-17(19)13(2)21-16-10-6-8-14-7-4-5-9-15(14)16/h4-10,12-13H,11H2,1-3H3,(H,18,19). The van der Waals surface area contributed by atoms with Gasteiger partial charge in [0.15, 0.2) is 6.10 Å². The summed E-state index contributed by atoms with van der Waals surface area (Å²) in [6.45, 7) is 4.12. The van der Waals surface area contributed by atoms with E-state index in [9.17, 15) is 4.79 Å². The molecule has 0 aliphatic heterocycles. The Morgan fingerprint density at radius 1 is 1.14 bits per heavy atom. The fourth-order valence-electron chi connectivity index (χ4n) is 2.19. The van der Waals surface area contributed by atoms with Gasteiger partial charge in [-0.2, -0.15) is 0 Å². The minimum atomic E-state index is -0.560. The van der Waals surface area contributed by atoms with Gasteiger partial charge >= 0.3 is 0 Å². The number of ether oxygens (including phenoxy) is 2. The van der Waals surface area contributed by atoms with Crippen LogP contribution in [0.2, 0.25) is 0 Å². The number of carbonyl (C=O) groups excluding carboxylic acids is 1. The Hall–Kier alpha value is -2.07. The molecule has 2 aromatic rings. The molecule has 0 saturated heterocycles. The molecule has 4 nitrogen and oxygen atoms in total. The van der Waals surface area contributed by atoms with E-state index >= 15 is 0 Å². The van der Waals surface area contributed by atoms with Crippen molar-refractivity contribution in [3.8, 4) is 5.75 Å². The molecule has 0 radical (unpaired) electrons. The van der Waals surface area contributed by atoms with Gasteiger partial charge in [-0.1, -0.05) is 36.4 Å². The van der Waals surface area contributed by atoms with Gasteiger partial charge < -0.3 is 14.8 Å². The van der Waals surface area contributed by atoms with Gasteiger partial charge in [-0.15, -0.1) is 0 Å². The Balaban J connectivity index is 2.07. The second-order valence-electron chi connectivity index (χ2n) is 5.10. The van der Waals surface area contributed by atoms with E-state index in [-0.39, 0.29) is 11.9 Å². The van der Waals surface area contributed by atoms with Crippen molar-refractivity contribution < 1.29 is 14.3 Å². The first kappa shape index (κ1) is 15.3. The number of amides is 1. The molecule has 4 heteroatoms. The Morgan fingerprint density at radius 2 is 1.86 bits per heavy atom. The van der Waals surface area contributed by atoms with Crippen LogP contribution in [0.5, 0.6) is 5.75 Å². The highest BCUT2D eigenvalue weighted by Gasteiger charge is 2.17. The normalized spacial score (nSPS) is 13.7. The Labute approximate surface area is 125 Å². The second kappa shape index (κ2) is 7.09. The fraction of sp³-hybridized carbons (Fsp3) is 0.353. The molecule has 0 fully saturated rings. The minimum Gasteiger partial charge on any atom is -0.480 e. The van der Waals surface area contributed by atoms with Crippen LogP contribution in [0, 0.1) is 0 Å². The van der Waals surface area contributed by atoms with Crippen LogP contribution >= 0.6 is 0 Å². The van der Waals surface area contributed by atoms with Crippen molar-refractivity contribution in [2.45, 2.75) is 26.0 Å². The van der Waals surface area contributed by atoms with Gasteiger partial charge in [-0.25, -0.2) is 0 Å². The van der Waals surface area contributed by atoms with Crippen LogP contribution in [0.15, 0.2) is 42.5 Å². The molecule has 2 unspecified atom stereocenters. The molecule has 0 bridgehead atoms. The summed E-state index contributed by atoms with van der Waals surface area (Å²) in [5, 5.41) is 4.96. The summed E-state index contributed by atoms with van der Waals surface area (Å²) in [5.74, 6) is 0.572. The topological polar surface area (TPSA) is 47.6 Å². The summed E-state index contributed by atoms with van der Waals surface area (Å²) >= 11 is 0. The predicted octanol–water partition coefficient (Wildman–Crippen LogP) is 2.76.